The molecule has 138 valence electrons. The highest BCUT2D eigenvalue weighted by atomic mass is 35.5. The van der Waals surface area contributed by atoms with Crippen LogP contribution in [-0.4, -0.2) is 37.8 Å². The summed E-state index contributed by atoms with van der Waals surface area (Å²) in [6.45, 7) is 1.42. The van der Waals surface area contributed by atoms with Gasteiger partial charge >= 0.3 is 5.97 Å². The molecule has 0 spiro atoms. The van der Waals surface area contributed by atoms with Gasteiger partial charge in [0.1, 0.15) is 5.25 Å². The maximum absolute atomic E-state index is 12.0. The monoisotopic (exact) mass is 392 g/mol. The fourth-order valence-corrected chi connectivity index (χ4v) is 3.05. The molecule has 0 saturated carbocycles. The number of anilines is 2. The molecule has 0 bridgehead atoms. The maximum atomic E-state index is 12.0. The molecule has 1 atom stereocenters. The summed E-state index contributed by atoms with van der Waals surface area (Å²) in [6, 6.07) is 14.6. The van der Waals surface area contributed by atoms with Crippen LogP contribution in [-0.2, 0) is 14.3 Å². The minimum atomic E-state index is -0.442. The predicted octanol–water partition coefficient (Wildman–Crippen LogP) is 4.07. The number of amides is 1. The van der Waals surface area contributed by atoms with E-state index < -0.39 is 11.2 Å². The number of rotatable bonds is 7. The van der Waals surface area contributed by atoms with Crippen LogP contribution in [0.15, 0.2) is 53.4 Å². The zero-order valence-corrected chi connectivity index (χ0v) is 16.4. The number of hydrogen-bond acceptors (Lipinski definition) is 5. The van der Waals surface area contributed by atoms with E-state index >= 15 is 0 Å². The molecule has 0 heterocycles. The summed E-state index contributed by atoms with van der Waals surface area (Å²) in [5.41, 5.74) is 1.68. The van der Waals surface area contributed by atoms with Crippen molar-refractivity contribution in [3.05, 3.63) is 53.6 Å². The third-order valence-corrected chi connectivity index (χ3v) is 4.81. The van der Waals surface area contributed by atoms with E-state index in [1.165, 1.54) is 11.8 Å². The van der Waals surface area contributed by atoms with Crippen molar-refractivity contribution in [2.75, 3.05) is 30.9 Å². The second-order valence-electron chi connectivity index (χ2n) is 5.81. The van der Waals surface area contributed by atoms with Gasteiger partial charge in [-0.15, -0.1) is 11.8 Å². The van der Waals surface area contributed by atoms with Gasteiger partial charge in [-0.25, -0.2) is 0 Å². The zero-order valence-electron chi connectivity index (χ0n) is 14.9. The first kappa shape index (κ1) is 20.1. The van der Waals surface area contributed by atoms with Crippen molar-refractivity contribution in [1.29, 1.82) is 0 Å². The Kier molecular flexibility index (Phi) is 7.36. The number of ether oxygens (including phenoxy) is 1. The van der Waals surface area contributed by atoms with Crippen LogP contribution < -0.4 is 10.2 Å². The standard InChI is InChI=1S/C19H21ClN2O3S/c1-13(26-17-10-4-14(20)5-11-17)19(24)25-12-18(23)21-15-6-8-16(9-7-15)22(2)3/h4-11,13H,12H2,1-3H3,(H,21,23)/t13-/m0/s1. The minimum Gasteiger partial charge on any atom is -0.455 e. The second kappa shape index (κ2) is 9.50. The first-order valence-corrected chi connectivity index (χ1v) is 9.27. The highest BCUT2D eigenvalue weighted by Gasteiger charge is 2.17. The molecule has 7 heteroatoms. The third kappa shape index (κ3) is 6.28. The molecule has 5 nitrogen and oxygen atoms in total. The van der Waals surface area contributed by atoms with Crippen LogP contribution in [0.1, 0.15) is 6.92 Å². The van der Waals surface area contributed by atoms with Crippen molar-refractivity contribution in [1.82, 2.24) is 0 Å². The Morgan fingerprint density at radius 2 is 1.73 bits per heavy atom. The molecule has 1 N–H and O–H groups in total. The molecule has 26 heavy (non-hydrogen) atoms. The molecule has 1 amide bonds. The first-order valence-electron chi connectivity index (χ1n) is 8.01. The normalized spacial score (nSPS) is 11.5. The van der Waals surface area contributed by atoms with Crippen molar-refractivity contribution in [3.63, 3.8) is 0 Å². The lowest BCUT2D eigenvalue weighted by molar-refractivity contribution is -0.146. The van der Waals surface area contributed by atoms with Crippen molar-refractivity contribution < 1.29 is 14.3 Å². The summed E-state index contributed by atoms with van der Waals surface area (Å²) in [5.74, 6) is -0.817. The summed E-state index contributed by atoms with van der Waals surface area (Å²) in [6.07, 6.45) is 0. The highest BCUT2D eigenvalue weighted by Crippen LogP contribution is 2.25. The van der Waals surface area contributed by atoms with Crippen LogP contribution in [0.5, 0.6) is 0 Å². The lowest BCUT2D eigenvalue weighted by Crippen LogP contribution is -2.24. The molecule has 0 saturated heterocycles. The van der Waals surface area contributed by atoms with Gasteiger partial charge in [-0.2, -0.15) is 0 Å². The molecular formula is C19H21ClN2O3S. The van der Waals surface area contributed by atoms with Crippen molar-refractivity contribution >= 4 is 46.6 Å². The number of esters is 1. The molecule has 0 aliphatic rings. The van der Waals surface area contributed by atoms with Crippen LogP contribution in [0.25, 0.3) is 0 Å². The van der Waals surface area contributed by atoms with E-state index in [4.69, 9.17) is 16.3 Å². The predicted molar refractivity (Wildman–Crippen MR) is 107 cm³/mol. The smallest absolute Gasteiger partial charge is 0.319 e. The molecule has 2 aromatic rings. The van der Waals surface area contributed by atoms with Gasteiger partial charge in [-0.3, -0.25) is 9.59 Å². The Labute approximate surface area is 162 Å². The van der Waals surface area contributed by atoms with E-state index in [0.717, 1.165) is 10.6 Å². The Morgan fingerprint density at radius 1 is 1.12 bits per heavy atom. The largest absolute Gasteiger partial charge is 0.455 e. The van der Waals surface area contributed by atoms with Gasteiger partial charge in [-0.05, 0) is 55.5 Å². The van der Waals surface area contributed by atoms with Crippen LogP contribution in [0.4, 0.5) is 11.4 Å². The average molecular weight is 393 g/mol. The summed E-state index contributed by atoms with van der Waals surface area (Å²) in [5, 5.41) is 2.91. The number of carbonyl (C=O) groups excluding carboxylic acids is 2. The minimum absolute atomic E-state index is 0.320. The quantitative estimate of drug-likeness (QED) is 0.568. The number of nitrogens with one attached hydrogen (secondary N) is 1. The Hall–Kier alpha value is -2.18. The fraction of sp³-hybridized carbons (Fsp3) is 0.263. The fourth-order valence-electron chi connectivity index (χ4n) is 2.06. The number of nitrogens with zero attached hydrogens (tertiary/aromatic N) is 1. The molecule has 2 rings (SSSR count). The van der Waals surface area contributed by atoms with E-state index in [0.29, 0.717) is 10.7 Å². The van der Waals surface area contributed by atoms with Crippen LogP contribution >= 0.6 is 23.4 Å². The van der Waals surface area contributed by atoms with Crippen molar-refractivity contribution in [2.45, 2.75) is 17.1 Å². The summed E-state index contributed by atoms with van der Waals surface area (Å²) < 4.78 is 5.09. The van der Waals surface area contributed by atoms with Crippen LogP contribution in [0.3, 0.4) is 0 Å². The van der Waals surface area contributed by atoms with Crippen molar-refractivity contribution in [3.8, 4) is 0 Å². The number of halogens is 1. The third-order valence-electron chi connectivity index (χ3n) is 3.47. The number of carbonyl (C=O) groups is 2. The van der Waals surface area contributed by atoms with E-state index in [1.54, 1.807) is 31.2 Å². The number of hydrogen-bond donors (Lipinski definition) is 1. The van der Waals surface area contributed by atoms with Gasteiger partial charge in [0.05, 0.1) is 0 Å². The lowest BCUT2D eigenvalue weighted by Gasteiger charge is -2.13. The Balaban J connectivity index is 1.78. The first-order chi connectivity index (χ1) is 12.3. The van der Waals surface area contributed by atoms with Gasteiger partial charge in [0.15, 0.2) is 6.61 Å². The van der Waals surface area contributed by atoms with E-state index in [2.05, 4.69) is 5.32 Å². The molecule has 0 aromatic heterocycles. The summed E-state index contributed by atoms with van der Waals surface area (Å²) in [7, 11) is 3.88. The topological polar surface area (TPSA) is 58.6 Å². The van der Waals surface area contributed by atoms with Crippen molar-refractivity contribution in [2.24, 2.45) is 0 Å². The number of thioether (sulfide) groups is 1. The summed E-state index contributed by atoms with van der Waals surface area (Å²) in [4.78, 5) is 26.8. The van der Waals surface area contributed by atoms with Crippen LogP contribution in [0, 0.1) is 0 Å². The number of benzene rings is 2. The molecule has 0 aliphatic heterocycles. The molecule has 0 fully saturated rings. The van der Waals surface area contributed by atoms with Gasteiger partial charge in [0.25, 0.3) is 5.91 Å². The van der Waals surface area contributed by atoms with Crippen LogP contribution in [0.2, 0.25) is 5.02 Å². The zero-order chi connectivity index (χ0) is 19.1. The van der Waals surface area contributed by atoms with Gasteiger partial charge in [0.2, 0.25) is 0 Å². The second-order valence-corrected chi connectivity index (χ2v) is 7.66. The molecule has 0 unspecified atom stereocenters. The molecule has 0 radical (unpaired) electrons. The van der Waals surface area contributed by atoms with E-state index in [9.17, 15) is 9.59 Å². The molecule has 2 aromatic carbocycles. The van der Waals surface area contributed by atoms with Gasteiger partial charge in [-0.1, -0.05) is 11.6 Å². The molecule has 0 aliphatic carbocycles. The Bertz CT molecular complexity index is 748. The van der Waals surface area contributed by atoms with E-state index in [-0.39, 0.29) is 12.5 Å². The SMILES string of the molecule is C[C@H](Sc1ccc(Cl)cc1)C(=O)OCC(=O)Nc1ccc(N(C)C)cc1. The highest BCUT2D eigenvalue weighted by molar-refractivity contribution is 8.00. The van der Waals surface area contributed by atoms with E-state index in [1.807, 2.05) is 43.3 Å². The lowest BCUT2D eigenvalue weighted by atomic mass is 10.2. The maximum Gasteiger partial charge on any atom is 0.319 e. The van der Waals surface area contributed by atoms with Gasteiger partial charge in [0, 0.05) is 35.4 Å². The Morgan fingerprint density at radius 3 is 2.31 bits per heavy atom. The summed E-state index contributed by atoms with van der Waals surface area (Å²) >= 11 is 7.19. The molecular weight excluding hydrogens is 372 g/mol. The average Bonchev–Trinajstić information content (AvgIpc) is 2.62. The van der Waals surface area contributed by atoms with Gasteiger partial charge < -0.3 is 15.0 Å².